The average molecular weight is 134 g/mol. The lowest BCUT2D eigenvalue weighted by atomic mass is 10.2. The third-order valence-corrected chi connectivity index (χ3v) is 1.35. The first-order chi connectivity index (χ1) is 4.83. The minimum absolute atomic E-state index is 1.05. The second kappa shape index (κ2) is 3.35. The number of nitrogens with zero attached hydrogens (tertiary/aromatic N) is 1. The summed E-state index contributed by atoms with van der Waals surface area (Å²) in [6.07, 6.45) is 5.05. The average Bonchev–Trinajstić information content (AvgIpc) is 1.95. The first-order valence-electron chi connectivity index (χ1n) is 3.59. The zero-order chi connectivity index (χ0) is 7.40. The Hall–Kier alpha value is -0.850. The predicted octanol–water partition coefficient (Wildman–Crippen LogP) is 2.35. The summed E-state index contributed by atoms with van der Waals surface area (Å²) >= 11 is 0. The number of hydrogen-bond donors (Lipinski definition) is 0. The molecular formula is C9H12N. The molecule has 0 saturated heterocycles. The van der Waals surface area contributed by atoms with Crippen molar-refractivity contribution in [2.75, 3.05) is 0 Å². The molecule has 0 unspecified atom stereocenters. The molecule has 0 atom stereocenters. The van der Waals surface area contributed by atoms with Crippen molar-refractivity contribution >= 4 is 0 Å². The maximum Gasteiger partial charge on any atom is 0.0441 e. The molecule has 1 heterocycles. The molecule has 10 heavy (non-hydrogen) atoms. The lowest BCUT2D eigenvalue weighted by Gasteiger charge is -1.95. The van der Waals surface area contributed by atoms with Gasteiger partial charge in [0, 0.05) is 18.3 Å². The first kappa shape index (κ1) is 7.26. The number of aryl methyl sites for hydroxylation is 1. The largest absolute Gasteiger partial charge is 0.261 e. The molecule has 1 heteroatoms. The fourth-order valence-corrected chi connectivity index (χ4v) is 0.809. The fourth-order valence-electron chi connectivity index (χ4n) is 0.809. The molecule has 0 aliphatic rings. The molecule has 0 spiro atoms. The monoisotopic (exact) mass is 134 g/mol. The molecule has 0 amide bonds. The van der Waals surface area contributed by atoms with Gasteiger partial charge < -0.3 is 0 Å². The van der Waals surface area contributed by atoms with Crippen molar-refractivity contribution in [1.29, 1.82) is 0 Å². The minimum Gasteiger partial charge on any atom is -0.261 e. The summed E-state index contributed by atoms with van der Waals surface area (Å²) in [7, 11) is 0. The van der Waals surface area contributed by atoms with Crippen molar-refractivity contribution < 1.29 is 0 Å². The topological polar surface area (TPSA) is 12.9 Å². The lowest BCUT2D eigenvalue weighted by Crippen LogP contribution is -1.85. The Kier molecular flexibility index (Phi) is 2.43. The van der Waals surface area contributed by atoms with Gasteiger partial charge in [-0.15, -0.1) is 0 Å². The van der Waals surface area contributed by atoms with E-state index in [1.807, 2.05) is 19.2 Å². The lowest BCUT2D eigenvalue weighted by molar-refractivity contribution is 1.06. The van der Waals surface area contributed by atoms with Gasteiger partial charge in [0.2, 0.25) is 0 Å². The van der Waals surface area contributed by atoms with Crippen LogP contribution in [0.4, 0.5) is 0 Å². The summed E-state index contributed by atoms with van der Waals surface area (Å²) in [5, 5.41) is 0. The molecule has 0 aliphatic heterocycles. The van der Waals surface area contributed by atoms with Gasteiger partial charge in [-0.3, -0.25) is 4.98 Å². The van der Waals surface area contributed by atoms with Gasteiger partial charge in [0.25, 0.3) is 0 Å². The summed E-state index contributed by atoms with van der Waals surface area (Å²) in [6.45, 7) is 4.16. The summed E-state index contributed by atoms with van der Waals surface area (Å²) in [6, 6.07) is 4.12. The molecule has 0 bridgehead atoms. The van der Waals surface area contributed by atoms with Crippen LogP contribution < -0.4 is 0 Å². The van der Waals surface area contributed by atoms with Crippen molar-refractivity contribution in [1.82, 2.24) is 4.98 Å². The quantitative estimate of drug-likeness (QED) is 0.605. The van der Waals surface area contributed by atoms with E-state index in [1.165, 1.54) is 5.56 Å². The SMILES string of the molecule is CC[CH]c1ccc(C)cn1. The van der Waals surface area contributed by atoms with E-state index in [0.717, 1.165) is 12.1 Å². The summed E-state index contributed by atoms with van der Waals surface area (Å²) < 4.78 is 0. The van der Waals surface area contributed by atoms with Gasteiger partial charge >= 0.3 is 0 Å². The molecule has 0 aromatic carbocycles. The second-order valence-corrected chi connectivity index (χ2v) is 2.37. The Bertz CT molecular complexity index is 188. The molecule has 0 aliphatic carbocycles. The van der Waals surface area contributed by atoms with E-state index in [9.17, 15) is 0 Å². The molecular weight excluding hydrogens is 122 g/mol. The van der Waals surface area contributed by atoms with Gasteiger partial charge in [0.05, 0.1) is 0 Å². The van der Waals surface area contributed by atoms with Crippen LogP contribution in [0.1, 0.15) is 24.6 Å². The van der Waals surface area contributed by atoms with Crippen molar-refractivity contribution in [3.05, 3.63) is 36.0 Å². The standard InChI is InChI=1S/C9H12N/c1-3-4-9-6-5-8(2)7-10-9/h4-7H,3H2,1-2H3. The van der Waals surface area contributed by atoms with Crippen LogP contribution in [0.15, 0.2) is 18.3 Å². The molecule has 53 valence electrons. The Morgan fingerprint density at radius 3 is 2.80 bits per heavy atom. The highest BCUT2D eigenvalue weighted by molar-refractivity contribution is 5.17. The smallest absolute Gasteiger partial charge is 0.0441 e. The predicted molar refractivity (Wildman–Crippen MR) is 42.7 cm³/mol. The molecule has 1 aromatic rings. The highest BCUT2D eigenvalue weighted by Gasteiger charge is 1.90. The van der Waals surface area contributed by atoms with E-state index in [-0.39, 0.29) is 0 Å². The molecule has 1 radical (unpaired) electrons. The molecule has 1 rings (SSSR count). The number of aromatic nitrogens is 1. The first-order valence-corrected chi connectivity index (χ1v) is 3.59. The van der Waals surface area contributed by atoms with Gasteiger partial charge in [-0.05, 0) is 25.0 Å². The summed E-state index contributed by atoms with van der Waals surface area (Å²) in [4.78, 5) is 4.21. The van der Waals surface area contributed by atoms with Crippen LogP contribution in [0.5, 0.6) is 0 Å². The van der Waals surface area contributed by atoms with E-state index in [1.54, 1.807) is 0 Å². The molecule has 0 fully saturated rings. The summed E-state index contributed by atoms with van der Waals surface area (Å²) in [5.41, 5.74) is 2.29. The van der Waals surface area contributed by atoms with Crippen LogP contribution in [0, 0.1) is 13.3 Å². The van der Waals surface area contributed by atoms with Crippen molar-refractivity contribution in [2.45, 2.75) is 20.3 Å². The van der Waals surface area contributed by atoms with E-state index in [2.05, 4.69) is 24.4 Å². The van der Waals surface area contributed by atoms with Crippen LogP contribution in [-0.2, 0) is 0 Å². The van der Waals surface area contributed by atoms with Crippen LogP contribution in [0.3, 0.4) is 0 Å². The Morgan fingerprint density at radius 1 is 1.50 bits per heavy atom. The number of pyridine rings is 1. The molecule has 1 aromatic heterocycles. The van der Waals surface area contributed by atoms with E-state index in [0.29, 0.717) is 0 Å². The van der Waals surface area contributed by atoms with Crippen molar-refractivity contribution in [3.63, 3.8) is 0 Å². The zero-order valence-electron chi connectivity index (χ0n) is 6.46. The highest BCUT2D eigenvalue weighted by Crippen LogP contribution is 2.02. The second-order valence-electron chi connectivity index (χ2n) is 2.37. The van der Waals surface area contributed by atoms with Gasteiger partial charge in [-0.25, -0.2) is 0 Å². The third-order valence-electron chi connectivity index (χ3n) is 1.35. The van der Waals surface area contributed by atoms with Crippen LogP contribution >= 0.6 is 0 Å². The van der Waals surface area contributed by atoms with E-state index >= 15 is 0 Å². The Balaban J connectivity index is 2.69. The van der Waals surface area contributed by atoms with Crippen LogP contribution in [-0.4, -0.2) is 4.98 Å². The maximum atomic E-state index is 4.21. The fraction of sp³-hybridized carbons (Fsp3) is 0.333. The van der Waals surface area contributed by atoms with Crippen LogP contribution in [0.25, 0.3) is 0 Å². The number of hydrogen-bond acceptors (Lipinski definition) is 1. The van der Waals surface area contributed by atoms with Crippen molar-refractivity contribution in [3.8, 4) is 0 Å². The normalized spacial score (nSPS) is 9.80. The van der Waals surface area contributed by atoms with E-state index in [4.69, 9.17) is 0 Å². The van der Waals surface area contributed by atoms with E-state index < -0.39 is 0 Å². The minimum atomic E-state index is 1.05. The molecule has 0 saturated carbocycles. The molecule has 0 N–H and O–H groups in total. The number of rotatable bonds is 2. The maximum absolute atomic E-state index is 4.21. The Morgan fingerprint density at radius 2 is 2.30 bits per heavy atom. The van der Waals surface area contributed by atoms with Gasteiger partial charge in [0.1, 0.15) is 0 Å². The summed E-state index contributed by atoms with van der Waals surface area (Å²) in [5.74, 6) is 0. The molecule has 1 nitrogen and oxygen atoms in total. The van der Waals surface area contributed by atoms with Crippen LogP contribution in [0.2, 0.25) is 0 Å². The third kappa shape index (κ3) is 1.83. The zero-order valence-corrected chi connectivity index (χ0v) is 6.46. The van der Waals surface area contributed by atoms with Gasteiger partial charge in [-0.2, -0.15) is 0 Å². The van der Waals surface area contributed by atoms with Crippen molar-refractivity contribution in [2.24, 2.45) is 0 Å². The highest BCUT2D eigenvalue weighted by atomic mass is 14.7. The van der Waals surface area contributed by atoms with Gasteiger partial charge in [-0.1, -0.05) is 13.0 Å². The Labute approximate surface area is 62.1 Å². The van der Waals surface area contributed by atoms with Gasteiger partial charge in [0.15, 0.2) is 0 Å².